The zero-order chi connectivity index (χ0) is 9.86. The molecular formula is C13H25N. The van der Waals surface area contributed by atoms with Crippen LogP contribution >= 0.6 is 0 Å². The Bertz CT molecular complexity index is 164. The maximum absolute atomic E-state index is 3.82. The minimum Gasteiger partial charge on any atom is -0.313 e. The van der Waals surface area contributed by atoms with E-state index in [0.717, 1.165) is 11.5 Å². The van der Waals surface area contributed by atoms with E-state index in [0.29, 0.717) is 0 Å². The number of rotatable bonds is 4. The first-order valence-corrected chi connectivity index (χ1v) is 6.58. The van der Waals surface area contributed by atoms with Gasteiger partial charge in [-0.05, 0) is 37.5 Å². The van der Waals surface area contributed by atoms with Gasteiger partial charge in [0.15, 0.2) is 0 Å². The van der Waals surface area contributed by atoms with Gasteiger partial charge in [-0.3, -0.25) is 0 Å². The average Bonchev–Trinajstić information content (AvgIpc) is 3.01. The molecule has 0 aromatic heterocycles. The Labute approximate surface area is 88.7 Å². The quantitative estimate of drug-likeness (QED) is 0.677. The van der Waals surface area contributed by atoms with E-state index < -0.39 is 0 Å². The highest BCUT2D eigenvalue weighted by Crippen LogP contribution is 2.48. The van der Waals surface area contributed by atoms with Crippen molar-refractivity contribution in [1.82, 2.24) is 5.32 Å². The molecular weight excluding hydrogens is 170 g/mol. The molecule has 14 heavy (non-hydrogen) atoms. The lowest BCUT2D eigenvalue weighted by Crippen LogP contribution is -2.33. The SMILES string of the molecule is CCC1(CNC2CCCCCC2)CC1. The lowest BCUT2D eigenvalue weighted by molar-refractivity contribution is 0.378. The molecule has 0 aliphatic heterocycles. The van der Waals surface area contributed by atoms with Gasteiger partial charge in [0.05, 0.1) is 0 Å². The third kappa shape index (κ3) is 2.73. The fraction of sp³-hybridized carbons (Fsp3) is 1.00. The standard InChI is InChI=1S/C13H25N/c1-2-13(9-10-13)11-14-12-7-5-3-4-6-8-12/h12,14H,2-11H2,1H3. The maximum atomic E-state index is 3.82. The molecule has 2 aliphatic rings. The first kappa shape index (κ1) is 10.5. The highest BCUT2D eigenvalue weighted by atomic mass is 14.9. The van der Waals surface area contributed by atoms with E-state index in [4.69, 9.17) is 0 Å². The Morgan fingerprint density at radius 2 is 1.71 bits per heavy atom. The van der Waals surface area contributed by atoms with Crippen LogP contribution in [0.3, 0.4) is 0 Å². The summed E-state index contributed by atoms with van der Waals surface area (Å²) < 4.78 is 0. The molecule has 0 unspecified atom stereocenters. The average molecular weight is 195 g/mol. The van der Waals surface area contributed by atoms with Gasteiger partial charge in [0.2, 0.25) is 0 Å². The molecule has 0 amide bonds. The molecule has 0 heterocycles. The molecule has 82 valence electrons. The van der Waals surface area contributed by atoms with E-state index in [-0.39, 0.29) is 0 Å². The molecule has 1 N–H and O–H groups in total. The molecule has 0 bridgehead atoms. The fourth-order valence-corrected chi connectivity index (χ4v) is 2.68. The summed E-state index contributed by atoms with van der Waals surface area (Å²) in [4.78, 5) is 0. The highest BCUT2D eigenvalue weighted by molar-refractivity contribution is 4.94. The Morgan fingerprint density at radius 3 is 2.21 bits per heavy atom. The molecule has 0 radical (unpaired) electrons. The minimum absolute atomic E-state index is 0.728. The molecule has 2 fully saturated rings. The van der Waals surface area contributed by atoms with Crippen LogP contribution in [0.4, 0.5) is 0 Å². The van der Waals surface area contributed by atoms with Gasteiger partial charge in [0.25, 0.3) is 0 Å². The van der Waals surface area contributed by atoms with Crippen LogP contribution in [0, 0.1) is 5.41 Å². The summed E-state index contributed by atoms with van der Waals surface area (Å²) in [6, 6.07) is 0.849. The monoisotopic (exact) mass is 195 g/mol. The van der Waals surface area contributed by atoms with Crippen LogP contribution in [0.1, 0.15) is 64.7 Å². The van der Waals surface area contributed by atoms with Crippen LogP contribution in [0.5, 0.6) is 0 Å². The van der Waals surface area contributed by atoms with Crippen molar-refractivity contribution in [3.8, 4) is 0 Å². The van der Waals surface area contributed by atoms with Crippen LogP contribution in [-0.4, -0.2) is 12.6 Å². The van der Waals surface area contributed by atoms with Gasteiger partial charge in [0.1, 0.15) is 0 Å². The van der Waals surface area contributed by atoms with Crippen LogP contribution in [0.2, 0.25) is 0 Å². The molecule has 0 saturated heterocycles. The predicted molar refractivity (Wildman–Crippen MR) is 61.5 cm³/mol. The molecule has 1 nitrogen and oxygen atoms in total. The predicted octanol–water partition coefficient (Wildman–Crippen LogP) is 3.49. The Kier molecular flexibility index (Phi) is 3.48. The van der Waals surface area contributed by atoms with Crippen molar-refractivity contribution in [3.63, 3.8) is 0 Å². The van der Waals surface area contributed by atoms with Gasteiger partial charge >= 0.3 is 0 Å². The van der Waals surface area contributed by atoms with E-state index in [9.17, 15) is 0 Å². The van der Waals surface area contributed by atoms with Gasteiger partial charge in [-0.25, -0.2) is 0 Å². The smallest absolute Gasteiger partial charge is 0.00672 e. The summed E-state index contributed by atoms with van der Waals surface area (Å²) in [5.41, 5.74) is 0.728. The van der Waals surface area contributed by atoms with Crippen LogP contribution in [-0.2, 0) is 0 Å². The van der Waals surface area contributed by atoms with Crippen LogP contribution in [0.25, 0.3) is 0 Å². The van der Waals surface area contributed by atoms with Gasteiger partial charge in [-0.2, -0.15) is 0 Å². The lowest BCUT2D eigenvalue weighted by Gasteiger charge is -2.20. The largest absolute Gasteiger partial charge is 0.313 e. The van der Waals surface area contributed by atoms with E-state index in [1.807, 2.05) is 0 Å². The van der Waals surface area contributed by atoms with Crippen molar-refractivity contribution in [2.75, 3.05) is 6.54 Å². The second kappa shape index (κ2) is 4.65. The third-order valence-corrected chi connectivity index (χ3v) is 4.33. The Hall–Kier alpha value is -0.0400. The van der Waals surface area contributed by atoms with Gasteiger partial charge in [0, 0.05) is 12.6 Å². The first-order valence-electron chi connectivity index (χ1n) is 6.58. The second-order valence-corrected chi connectivity index (χ2v) is 5.42. The molecule has 0 aromatic carbocycles. The van der Waals surface area contributed by atoms with E-state index in [2.05, 4.69) is 12.2 Å². The van der Waals surface area contributed by atoms with Gasteiger partial charge in [-0.1, -0.05) is 32.6 Å². The van der Waals surface area contributed by atoms with E-state index in [1.54, 1.807) is 0 Å². The molecule has 0 aromatic rings. The molecule has 0 atom stereocenters. The van der Waals surface area contributed by atoms with Gasteiger partial charge < -0.3 is 5.32 Å². The van der Waals surface area contributed by atoms with Crippen molar-refractivity contribution in [1.29, 1.82) is 0 Å². The van der Waals surface area contributed by atoms with E-state index in [1.165, 1.54) is 64.3 Å². The molecule has 2 aliphatic carbocycles. The van der Waals surface area contributed by atoms with Crippen molar-refractivity contribution < 1.29 is 0 Å². The normalized spacial score (nSPS) is 27.2. The summed E-state index contributed by atoms with van der Waals surface area (Å²) in [7, 11) is 0. The summed E-state index contributed by atoms with van der Waals surface area (Å²) in [6.45, 7) is 3.65. The summed E-state index contributed by atoms with van der Waals surface area (Å²) in [6.07, 6.45) is 13.0. The summed E-state index contributed by atoms with van der Waals surface area (Å²) >= 11 is 0. The van der Waals surface area contributed by atoms with Crippen molar-refractivity contribution in [2.45, 2.75) is 70.8 Å². The Balaban J connectivity index is 1.68. The van der Waals surface area contributed by atoms with Crippen LogP contribution in [0.15, 0.2) is 0 Å². The number of hydrogen-bond acceptors (Lipinski definition) is 1. The molecule has 2 saturated carbocycles. The zero-order valence-electron chi connectivity index (χ0n) is 9.65. The Morgan fingerprint density at radius 1 is 1.07 bits per heavy atom. The van der Waals surface area contributed by atoms with Crippen molar-refractivity contribution in [2.24, 2.45) is 5.41 Å². The molecule has 2 rings (SSSR count). The summed E-state index contributed by atoms with van der Waals surface area (Å²) in [5, 5.41) is 3.82. The van der Waals surface area contributed by atoms with Crippen molar-refractivity contribution in [3.05, 3.63) is 0 Å². The molecule has 1 heteroatoms. The van der Waals surface area contributed by atoms with Crippen molar-refractivity contribution >= 4 is 0 Å². The van der Waals surface area contributed by atoms with Crippen LogP contribution < -0.4 is 5.32 Å². The third-order valence-electron chi connectivity index (χ3n) is 4.33. The highest BCUT2D eigenvalue weighted by Gasteiger charge is 2.40. The first-order chi connectivity index (χ1) is 6.85. The van der Waals surface area contributed by atoms with E-state index >= 15 is 0 Å². The topological polar surface area (TPSA) is 12.0 Å². The minimum atomic E-state index is 0.728. The lowest BCUT2D eigenvalue weighted by atomic mass is 10.0. The molecule has 0 spiro atoms. The maximum Gasteiger partial charge on any atom is 0.00672 e. The number of nitrogens with one attached hydrogen (secondary N) is 1. The number of hydrogen-bond donors (Lipinski definition) is 1. The van der Waals surface area contributed by atoms with Gasteiger partial charge in [-0.15, -0.1) is 0 Å². The zero-order valence-corrected chi connectivity index (χ0v) is 9.65. The summed E-state index contributed by atoms with van der Waals surface area (Å²) in [5.74, 6) is 0. The fourth-order valence-electron chi connectivity index (χ4n) is 2.68. The second-order valence-electron chi connectivity index (χ2n) is 5.42.